The van der Waals surface area contributed by atoms with Crippen LogP contribution in [0.3, 0.4) is 0 Å². The highest BCUT2D eigenvalue weighted by Crippen LogP contribution is 2.40. The quantitative estimate of drug-likeness (QED) is 0.261. The normalized spacial score (nSPS) is 11.6. The molecule has 0 saturated carbocycles. The molecule has 0 heterocycles. The summed E-state index contributed by atoms with van der Waals surface area (Å²) in [6, 6.07) is 43.0. The first kappa shape index (κ1) is 18.0. The summed E-state index contributed by atoms with van der Waals surface area (Å²) in [5, 5.41) is 0. The summed E-state index contributed by atoms with van der Waals surface area (Å²) in [4.78, 5) is 0. The number of hydrogen-bond donors (Lipinski definition) is 0. The summed E-state index contributed by atoms with van der Waals surface area (Å²) < 4.78 is 0. The maximum absolute atomic E-state index is 2.38. The van der Waals surface area contributed by atoms with Gasteiger partial charge in [-0.25, -0.2) is 0 Å². The summed E-state index contributed by atoms with van der Waals surface area (Å²) in [7, 11) is 0. The van der Waals surface area contributed by atoms with E-state index >= 15 is 0 Å². The molecule has 4 aromatic rings. The predicted molar refractivity (Wildman–Crippen MR) is 118 cm³/mol. The van der Waals surface area contributed by atoms with Gasteiger partial charge in [-0.15, -0.1) is 0 Å². The van der Waals surface area contributed by atoms with Crippen molar-refractivity contribution in [1.29, 1.82) is 0 Å². The highest BCUT2D eigenvalue weighted by molar-refractivity contribution is 5.55. The van der Waals surface area contributed by atoms with E-state index in [1.807, 2.05) is 0 Å². The van der Waals surface area contributed by atoms with E-state index in [1.165, 1.54) is 22.3 Å². The van der Waals surface area contributed by atoms with Gasteiger partial charge in [0.15, 0.2) is 0 Å². The predicted octanol–water partition coefficient (Wildman–Crippen LogP) is 6.82. The van der Waals surface area contributed by atoms with Crippen LogP contribution in [0, 0.1) is 0 Å². The highest BCUT2D eigenvalue weighted by atomic mass is 14.3. The van der Waals surface area contributed by atoms with Gasteiger partial charge in [-0.2, -0.15) is 0 Å². The summed E-state index contributed by atoms with van der Waals surface area (Å²) in [6.45, 7) is 0. The average molecular weight is 361 g/mol. The minimum Gasteiger partial charge on any atom is -0.0826 e. The molecular formula is C28H24. The maximum atomic E-state index is 2.38. The van der Waals surface area contributed by atoms with Gasteiger partial charge in [0.25, 0.3) is 0 Å². The molecule has 0 spiro atoms. The van der Waals surface area contributed by atoms with E-state index in [2.05, 4.69) is 133 Å². The third-order valence-corrected chi connectivity index (χ3v) is 5.25. The lowest BCUT2D eigenvalue weighted by atomic mass is 9.69. The summed E-state index contributed by atoms with van der Waals surface area (Å²) in [5.74, 6) is 0. The smallest absolute Gasteiger partial charge is 0.0632 e. The third kappa shape index (κ3) is 3.68. The first-order chi connectivity index (χ1) is 13.9. The van der Waals surface area contributed by atoms with Gasteiger partial charge >= 0.3 is 0 Å². The Hall–Kier alpha value is -3.38. The van der Waals surface area contributed by atoms with E-state index in [0.29, 0.717) is 0 Å². The van der Waals surface area contributed by atoms with Crippen LogP contribution in [-0.2, 0) is 11.8 Å². The topological polar surface area (TPSA) is 0 Å². The Morgan fingerprint density at radius 2 is 0.821 bits per heavy atom. The van der Waals surface area contributed by atoms with Gasteiger partial charge in [-0.05, 0) is 28.7 Å². The minimum absolute atomic E-state index is 0.321. The van der Waals surface area contributed by atoms with Crippen molar-refractivity contribution >= 4 is 0 Å². The van der Waals surface area contributed by atoms with Crippen LogP contribution in [0.5, 0.6) is 0 Å². The van der Waals surface area contributed by atoms with Crippen LogP contribution in [0.25, 0.3) is 0 Å². The fraction of sp³-hybridized carbons (Fsp3) is 0.0714. The molecule has 0 amide bonds. The molecule has 0 fully saturated rings. The Morgan fingerprint density at radius 3 is 1.21 bits per heavy atom. The second kappa shape index (κ2) is 8.54. The highest BCUT2D eigenvalue weighted by Gasteiger charge is 2.33. The summed E-state index contributed by atoms with van der Waals surface area (Å²) in [5.41, 5.74) is 4.82. The van der Waals surface area contributed by atoms with Crippen molar-refractivity contribution < 1.29 is 0 Å². The van der Waals surface area contributed by atoms with Crippen molar-refractivity contribution in [1.82, 2.24) is 0 Å². The maximum Gasteiger partial charge on any atom is 0.0632 e. The average Bonchev–Trinajstić information content (AvgIpc) is 2.79. The van der Waals surface area contributed by atoms with Crippen LogP contribution < -0.4 is 0 Å². The van der Waals surface area contributed by atoms with Gasteiger partial charge in [0.1, 0.15) is 0 Å². The lowest BCUT2D eigenvalue weighted by Gasteiger charge is -2.33. The minimum atomic E-state index is -0.321. The van der Waals surface area contributed by atoms with Crippen LogP contribution >= 0.6 is 0 Å². The fourth-order valence-electron chi connectivity index (χ4n) is 3.88. The SMILES string of the molecule is C(=CC(c1ccccc1)(c1ccccc1)c1ccccc1)Cc1ccccc1. The molecule has 4 aromatic carbocycles. The Labute approximate surface area is 167 Å². The standard InChI is InChI=1S/C28H24/c1-5-14-24(15-6-1)16-13-23-28(25-17-7-2-8-18-25,26-19-9-3-10-20-26)27-21-11-4-12-22-27/h1-15,17-23H,16H2. The van der Waals surface area contributed by atoms with Crippen LogP contribution in [0.15, 0.2) is 133 Å². The molecule has 0 aliphatic rings. The molecule has 0 nitrogen and oxygen atoms in total. The second-order valence-electron chi connectivity index (χ2n) is 7.00. The van der Waals surface area contributed by atoms with Crippen molar-refractivity contribution in [3.8, 4) is 0 Å². The molecule has 0 unspecified atom stereocenters. The van der Waals surface area contributed by atoms with Crippen molar-refractivity contribution in [2.75, 3.05) is 0 Å². The molecule has 0 N–H and O–H groups in total. The van der Waals surface area contributed by atoms with Crippen molar-refractivity contribution in [2.24, 2.45) is 0 Å². The van der Waals surface area contributed by atoms with E-state index in [-0.39, 0.29) is 5.41 Å². The third-order valence-electron chi connectivity index (χ3n) is 5.25. The molecular weight excluding hydrogens is 336 g/mol. The molecule has 0 radical (unpaired) electrons. The number of benzene rings is 4. The number of hydrogen-bond acceptors (Lipinski definition) is 0. The van der Waals surface area contributed by atoms with Gasteiger partial charge in [0.2, 0.25) is 0 Å². The lowest BCUT2D eigenvalue weighted by Crippen LogP contribution is -2.27. The molecule has 0 aliphatic carbocycles. The van der Waals surface area contributed by atoms with E-state index in [9.17, 15) is 0 Å². The largest absolute Gasteiger partial charge is 0.0826 e. The van der Waals surface area contributed by atoms with Gasteiger partial charge < -0.3 is 0 Å². The van der Waals surface area contributed by atoms with E-state index in [1.54, 1.807) is 0 Å². The molecule has 28 heavy (non-hydrogen) atoms. The summed E-state index contributed by atoms with van der Waals surface area (Å²) >= 11 is 0. The molecule has 136 valence electrons. The van der Waals surface area contributed by atoms with Gasteiger partial charge in [0.05, 0.1) is 5.41 Å². The lowest BCUT2D eigenvalue weighted by molar-refractivity contribution is 0.775. The molecule has 0 saturated heterocycles. The van der Waals surface area contributed by atoms with E-state index in [4.69, 9.17) is 0 Å². The molecule has 0 aromatic heterocycles. The van der Waals surface area contributed by atoms with Crippen LogP contribution in [-0.4, -0.2) is 0 Å². The first-order valence-electron chi connectivity index (χ1n) is 9.78. The van der Waals surface area contributed by atoms with Crippen LogP contribution in [0.2, 0.25) is 0 Å². The van der Waals surface area contributed by atoms with Crippen LogP contribution in [0.4, 0.5) is 0 Å². The number of rotatable bonds is 6. The molecule has 4 rings (SSSR count). The molecule has 0 aliphatic heterocycles. The van der Waals surface area contributed by atoms with Gasteiger partial charge in [-0.1, -0.05) is 133 Å². The molecule has 0 heteroatoms. The zero-order chi connectivity index (χ0) is 19.1. The van der Waals surface area contributed by atoms with E-state index < -0.39 is 0 Å². The zero-order valence-corrected chi connectivity index (χ0v) is 15.9. The molecule has 0 atom stereocenters. The van der Waals surface area contributed by atoms with E-state index in [0.717, 1.165) is 6.42 Å². The first-order valence-corrected chi connectivity index (χ1v) is 9.78. The Morgan fingerprint density at radius 1 is 0.464 bits per heavy atom. The van der Waals surface area contributed by atoms with Crippen molar-refractivity contribution in [3.05, 3.63) is 156 Å². The Balaban J connectivity index is 1.88. The Bertz CT molecular complexity index is 904. The monoisotopic (exact) mass is 360 g/mol. The molecule has 0 bridgehead atoms. The van der Waals surface area contributed by atoms with Crippen molar-refractivity contribution in [2.45, 2.75) is 11.8 Å². The van der Waals surface area contributed by atoms with Crippen molar-refractivity contribution in [3.63, 3.8) is 0 Å². The van der Waals surface area contributed by atoms with Gasteiger partial charge in [0, 0.05) is 0 Å². The summed E-state index contributed by atoms with van der Waals surface area (Å²) in [6.07, 6.45) is 5.59. The Kier molecular flexibility index (Phi) is 5.49. The second-order valence-corrected chi connectivity index (χ2v) is 7.00. The van der Waals surface area contributed by atoms with Gasteiger partial charge in [-0.3, -0.25) is 0 Å². The zero-order valence-electron chi connectivity index (χ0n) is 15.9. The van der Waals surface area contributed by atoms with Crippen LogP contribution in [0.1, 0.15) is 22.3 Å². The fourth-order valence-corrected chi connectivity index (χ4v) is 3.88. The number of allylic oxidation sites excluding steroid dienone is 2.